The molecule has 8 heteroatoms. The summed E-state index contributed by atoms with van der Waals surface area (Å²) < 4.78 is 0. The van der Waals surface area contributed by atoms with Gasteiger partial charge < -0.3 is 15.1 Å². The Morgan fingerprint density at radius 1 is 0.971 bits per heavy atom. The van der Waals surface area contributed by atoms with Gasteiger partial charge in [-0.25, -0.2) is 14.8 Å². The van der Waals surface area contributed by atoms with Crippen molar-refractivity contribution in [2.24, 2.45) is 0 Å². The maximum atomic E-state index is 12.9. The Balaban J connectivity index is 1.50. The maximum Gasteiger partial charge on any atom is 0.321 e. The minimum absolute atomic E-state index is 0.166. The molecule has 1 aliphatic rings. The third-order valence-corrected chi connectivity index (χ3v) is 6.61. The van der Waals surface area contributed by atoms with E-state index in [0.29, 0.717) is 35.4 Å². The van der Waals surface area contributed by atoms with Gasteiger partial charge in [-0.15, -0.1) is 0 Å². The number of hydrogen-bond acceptors (Lipinski definition) is 4. The Bertz CT molecular complexity index is 1180. The van der Waals surface area contributed by atoms with E-state index in [-0.39, 0.29) is 6.03 Å². The van der Waals surface area contributed by atoms with Crippen molar-refractivity contribution in [1.82, 2.24) is 14.9 Å². The maximum absolute atomic E-state index is 12.9. The summed E-state index contributed by atoms with van der Waals surface area (Å²) in [4.78, 5) is 26.5. The quantitative estimate of drug-likeness (QED) is 0.476. The zero-order chi connectivity index (χ0) is 24.2. The van der Waals surface area contributed by atoms with E-state index in [9.17, 15) is 4.79 Å². The molecule has 2 heterocycles. The minimum atomic E-state index is -0.166. The molecule has 0 aliphatic carbocycles. The highest BCUT2D eigenvalue weighted by atomic mass is 35.5. The predicted octanol–water partition coefficient (Wildman–Crippen LogP) is 6.04. The van der Waals surface area contributed by atoms with Crippen molar-refractivity contribution >= 4 is 40.7 Å². The van der Waals surface area contributed by atoms with Crippen LogP contribution >= 0.6 is 23.2 Å². The summed E-state index contributed by atoms with van der Waals surface area (Å²) in [6.07, 6.45) is 1.62. The standard InChI is InChI=1S/C26H29Cl2N5O/c1-17-5-7-20(8-6-17)15-22-18(2)29-19(3)30-25(22)32-11-4-12-33(14-13-32)26(34)31-24-10-9-21(27)16-23(24)28/h5-10,16H,4,11-15H2,1-3H3,(H,31,34). The molecule has 3 aromatic rings. The molecule has 34 heavy (non-hydrogen) atoms. The molecule has 0 saturated carbocycles. The lowest BCUT2D eigenvalue weighted by Crippen LogP contribution is -2.38. The number of rotatable bonds is 4. The van der Waals surface area contributed by atoms with Gasteiger partial charge in [0, 0.05) is 48.9 Å². The fourth-order valence-electron chi connectivity index (χ4n) is 4.21. The van der Waals surface area contributed by atoms with Gasteiger partial charge in [-0.2, -0.15) is 0 Å². The van der Waals surface area contributed by atoms with Crippen LogP contribution in [0.2, 0.25) is 10.0 Å². The average Bonchev–Trinajstić information content (AvgIpc) is 3.05. The molecule has 6 nitrogen and oxygen atoms in total. The van der Waals surface area contributed by atoms with Crippen LogP contribution in [0.15, 0.2) is 42.5 Å². The number of hydrogen-bond donors (Lipinski definition) is 1. The van der Waals surface area contributed by atoms with Crippen LogP contribution in [-0.2, 0) is 6.42 Å². The van der Waals surface area contributed by atoms with Gasteiger partial charge in [-0.1, -0.05) is 53.0 Å². The van der Waals surface area contributed by atoms with E-state index in [1.807, 2.05) is 11.8 Å². The number of carbonyl (C=O) groups is 1. The molecule has 0 radical (unpaired) electrons. The van der Waals surface area contributed by atoms with Gasteiger partial charge in [0.15, 0.2) is 0 Å². The van der Waals surface area contributed by atoms with Gasteiger partial charge in [0.25, 0.3) is 0 Å². The summed E-state index contributed by atoms with van der Waals surface area (Å²) in [5, 5.41) is 3.86. The molecule has 0 spiro atoms. The van der Waals surface area contributed by atoms with Crippen molar-refractivity contribution < 1.29 is 4.79 Å². The molecule has 1 aromatic heterocycles. The van der Waals surface area contributed by atoms with Crippen molar-refractivity contribution in [2.45, 2.75) is 33.6 Å². The molecule has 0 unspecified atom stereocenters. The number of carbonyl (C=O) groups excluding carboxylic acids is 1. The lowest BCUT2D eigenvalue weighted by atomic mass is 10.0. The highest BCUT2D eigenvalue weighted by Crippen LogP contribution is 2.27. The topological polar surface area (TPSA) is 61.4 Å². The SMILES string of the molecule is Cc1ccc(Cc2c(C)nc(C)nc2N2CCCN(C(=O)Nc3ccc(Cl)cc3Cl)CC2)cc1. The second kappa shape index (κ2) is 10.6. The number of anilines is 2. The van der Waals surface area contributed by atoms with Gasteiger partial charge in [0.2, 0.25) is 0 Å². The zero-order valence-corrected chi connectivity index (χ0v) is 21.2. The largest absolute Gasteiger partial charge is 0.354 e. The first kappa shape index (κ1) is 24.3. The minimum Gasteiger partial charge on any atom is -0.354 e. The third-order valence-electron chi connectivity index (χ3n) is 6.06. The fraction of sp³-hybridized carbons (Fsp3) is 0.346. The highest BCUT2D eigenvalue weighted by molar-refractivity contribution is 6.36. The van der Waals surface area contributed by atoms with E-state index in [1.165, 1.54) is 11.1 Å². The number of aryl methyl sites for hydroxylation is 3. The normalized spacial score (nSPS) is 14.1. The first-order valence-electron chi connectivity index (χ1n) is 11.5. The lowest BCUT2D eigenvalue weighted by Gasteiger charge is -2.26. The van der Waals surface area contributed by atoms with Crippen LogP contribution in [0.3, 0.4) is 0 Å². The van der Waals surface area contributed by atoms with Crippen LogP contribution in [0.1, 0.15) is 34.6 Å². The predicted molar refractivity (Wildman–Crippen MR) is 139 cm³/mol. The van der Waals surface area contributed by atoms with Gasteiger partial charge in [0.05, 0.1) is 10.7 Å². The summed E-state index contributed by atoms with van der Waals surface area (Å²) in [6.45, 7) is 8.83. The molecule has 0 bridgehead atoms. The second-order valence-electron chi connectivity index (χ2n) is 8.70. The molecule has 2 amide bonds. The van der Waals surface area contributed by atoms with Gasteiger partial charge in [-0.05, 0) is 51.0 Å². The molecular formula is C26H29Cl2N5O. The molecular weight excluding hydrogens is 469 g/mol. The molecule has 1 N–H and O–H groups in total. The Morgan fingerprint density at radius 2 is 1.74 bits per heavy atom. The molecule has 1 fully saturated rings. The van der Waals surface area contributed by atoms with E-state index in [4.69, 9.17) is 28.2 Å². The van der Waals surface area contributed by atoms with E-state index >= 15 is 0 Å². The summed E-state index contributed by atoms with van der Waals surface area (Å²) in [6, 6.07) is 13.5. The zero-order valence-electron chi connectivity index (χ0n) is 19.7. The molecule has 1 aliphatic heterocycles. The number of nitrogens with one attached hydrogen (secondary N) is 1. The molecule has 4 rings (SSSR count). The summed E-state index contributed by atoms with van der Waals surface area (Å²) in [5.41, 5.74) is 5.17. The van der Waals surface area contributed by atoms with Crippen LogP contribution < -0.4 is 10.2 Å². The highest BCUT2D eigenvalue weighted by Gasteiger charge is 2.23. The monoisotopic (exact) mass is 497 g/mol. The van der Waals surface area contributed by atoms with Crippen molar-refractivity contribution in [3.63, 3.8) is 0 Å². The van der Waals surface area contributed by atoms with Crippen molar-refractivity contribution in [2.75, 3.05) is 36.4 Å². The van der Waals surface area contributed by atoms with Crippen LogP contribution in [0.5, 0.6) is 0 Å². The summed E-state index contributed by atoms with van der Waals surface area (Å²) >= 11 is 12.2. The van der Waals surface area contributed by atoms with Gasteiger partial charge >= 0.3 is 6.03 Å². The number of benzene rings is 2. The van der Waals surface area contributed by atoms with Crippen LogP contribution in [0, 0.1) is 20.8 Å². The summed E-state index contributed by atoms with van der Waals surface area (Å²) in [7, 11) is 0. The first-order chi connectivity index (χ1) is 16.3. The summed E-state index contributed by atoms with van der Waals surface area (Å²) in [5.74, 6) is 1.73. The smallest absolute Gasteiger partial charge is 0.321 e. The molecule has 178 valence electrons. The molecule has 0 atom stereocenters. The lowest BCUT2D eigenvalue weighted by molar-refractivity contribution is 0.215. The van der Waals surface area contributed by atoms with E-state index in [0.717, 1.165) is 42.3 Å². The number of nitrogens with zero attached hydrogens (tertiary/aromatic N) is 4. The van der Waals surface area contributed by atoms with Crippen molar-refractivity contribution in [3.8, 4) is 0 Å². The second-order valence-corrected chi connectivity index (χ2v) is 9.55. The first-order valence-corrected chi connectivity index (χ1v) is 12.2. The Kier molecular flexibility index (Phi) is 7.59. The molecule has 1 saturated heterocycles. The number of halogens is 2. The molecule has 2 aromatic carbocycles. The third kappa shape index (κ3) is 5.80. The average molecular weight is 498 g/mol. The van der Waals surface area contributed by atoms with Gasteiger partial charge in [-0.3, -0.25) is 0 Å². The van der Waals surface area contributed by atoms with Crippen LogP contribution in [0.4, 0.5) is 16.3 Å². The Morgan fingerprint density at radius 3 is 2.47 bits per heavy atom. The Labute approximate surface area is 210 Å². The van der Waals surface area contributed by atoms with Crippen molar-refractivity contribution in [1.29, 1.82) is 0 Å². The fourth-order valence-corrected chi connectivity index (χ4v) is 4.67. The number of amides is 2. The number of aromatic nitrogens is 2. The van der Waals surface area contributed by atoms with E-state index in [2.05, 4.69) is 53.3 Å². The number of urea groups is 1. The van der Waals surface area contributed by atoms with Crippen LogP contribution in [-0.4, -0.2) is 47.1 Å². The van der Waals surface area contributed by atoms with Gasteiger partial charge in [0.1, 0.15) is 11.6 Å². The van der Waals surface area contributed by atoms with E-state index < -0.39 is 0 Å². The van der Waals surface area contributed by atoms with E-state index in [1.54, 1.807) is 18.2 Å². The Hall–Kier alpha value is -2.83. The van der Waals surface area contributed by atoms with Crippen LogP contribution in [0.25, 0.3) is 0 Å². The van der Waals surface area contributed by atoms with Crippen molar-refractivity contribution in [3.05, 3.63) is 80.7 Å².